The van der Waals surface area contributed by atoms with E-state index in [-0.39, 0.29) is 5.91 Å². The molecule has 3 nitrogen and oxygen atoms in total. The highest BCUT2D eigenvalue weighted by Crippen LogP contribution is 2.16. The standard InChI is InChI=1S/C16H16ClNO2/c1-12-7-8-14(20-12)9-10-16(19)18(2)11-13-5-3-4-6-15(13)17/h3-10H,11H2,1-2H3. The molecule has 1 aromatic heterocycles. The van der Waals surface area contributed by atoms with Gasteiger partial charge in [-0.25, -0.2) is 0 Å². The molecule has 0 fully saturated rings. The third kappa shape index (κ3) is 3.75. The minimum atomic E-state index is -0.0982. The molecule has 1 aromatic carbocycles. The van der Waals surface area contributed by atoms with Crippen LogP contribution in [0.1, 0.15) is 17.1 Å². The van der Waals surface area contributed by atoms with E-state index >= 15 is 0 Å². The van der Waals surface area contributed by atoms with Gasteiger partial charge in [-0.1, -0.05) is 29.8 Å². The summed E-state index contributed by atoms with van der Waals surface area (Å²) in [5.74, 6) is 1.39. The molecule has 1 amide bonds. The first-order chi connectivity index (χ1) is 9.56. The van der Waals surface area contributed by atoms with E-state index < -0.39 is 0 Å². The number of carbonyl (C=O) groups excluding carboxylic acids is 1. The third-order valence-corrected chi connectivity index (χ3v) is 3.26. The lowest BCUT2D eigenvalue weighted by Crippen LogP contribution is -2.24. The van der Waals surface area contributed by atoms with Gasteiger partial charge in [0.2, 0.25) is 5.91 Å². The van der Waals surface area contributed by atoms with E-state index in [4.69, 9.17) is 16.0 Å². The minimum absolute atomic E-state index is 0.0982. The van der Waals surface area contributed by atoms with Crippen molar-refractivity contribution in [3.05, 3.63) is 64.6 Å². The quantitative estimate of drug-likeness (QED) is 0.800. The Kier molecular flexibility index (Phi) is 4.64. The van der Waals surface area contributed by atoms with Crippen molar-refractivity contribution in [3.8, 4) is 0 Å². The third-order valence-electron chi connectivity index (χ3n) is 2.89. The Bertz CT molecular complexity index is 631. The van der Waals surface area contributed by atoms with E-state index in [1.54, 1.807) is 18.0 Å². The highest BCUT2D eigenvalue weighted by Gasteiger charge is 2.08. The van der Waals surface area contributed by atoms with Crippen molar-refractivity contribution in [2.75, 3.05) is 7.05 Å². The molecule has 2 rings (SSSR count). The van der Waals surface area contributed by atoms with E-state index in [0.717, 1.165) is 11.3 Å². The first-order valence-corrected chi connectivity index (χ1v) is 6.67. The number of likely N-dealkylation sites (N-methyl/N-ethyl adjacent to an activating group) is 1. The normalized spacial score (nSPS) is 10.9. The molecule has 0 saturated carbocycles. The van der Waals surface area contributed by atoms with Gasteiger partial charge in [0.05, 0.1) is 0 Å². The van der Waals surface area contributed by atoms with Gasteiger partial charge < -0.3 is 9.32 Å². The molecule has 0 radical (unpaired) electrons. The number of carbonyl (C=O) groups is 1. The van der Waals surface area contributed by atoms with E-state index in [2.05, 4.69) is 0 Å². The molecule has 0 N–H and O–H groups in total. The van der Waals surface area contributed by atoms with Crippen molar-refractivity contribution in [1.29, 1.82) is 0 Å². The Labute approximate surface area is 123 Å². The maximum atomic E-state index is 12.0. The van der Waals surface area contributed by atoms with Crippen LogP contribution in [0, 0.1) is 6.92 Å². The molecule has 0 spiro atoms. The predicted octanol–water partition coefficient (Wildman–Crippen LogP) is 3.91. The molecule has 0 aliphatic rings. The van der Waals surface area contributed by atoms with Gasteiger partial charge in [-0.15, -0.1) is 0 Å². The molecule has 0 aliphatic carbocycles. The fourth-order valence-corrected chi connectivity index (χ4v) is 1.98. The predicted molar refractivity (Wildman–Crippen MR) is 80.4 cm³/mol. The van der Waals surface area contributed by atoms with Crippen LogP contribution in [0.5, 0.6) is 0 Å². The number of hydrogen-bond acceptors (Lipinski definition) is 2. The molecular formula is C16H16ClNO2. The number of aryl methyl sites for hydroxylation is 1. The van der Waals surface area contributed by atoms with Crippen LogP contribution in [0.4, 0.5) is 0 Å². The van der Waals surface area contributed by atoms with Gasteiger partial charge in [0.15, 0.2) is 0 Å². The molecule has 0 bridgehead atoms. The van der Waals surface area contributed by atoms with Gasteiger partial charge in [0.1, 0.15) is 11.5 Å². The summed E-state index contributed by atoms with van der Waals surface area (Å²) in [5.41, 5.74) is 0.923. The highest BCUT2D eigenvalue weighted by molar-refractivity contribution is 6.31. The summed E-state index contributed by atoms with van der Waals surface area (Å²) < 4.78 is 5.37. The van der Waals surface area contributed by atoms with E-state index in [0.29, 0.717) is 17.3 Å². The molecule has 0 saturated heterocycles. The van der Waals surface area contributed by atoms with Gasteiger partial charge in [-0.3, -0.25) is 4.79 Å². The van der Waals surface area contributed by atoms with Crippen LogP contribution in [-0.2, 0) is 11.3 Å². The lowest BCUT2D eigenvalue weighted by atomic mass is 10.2. The van der Waals surface area contributed by atoms with Crippen LogP contribution >= 0.6 is 11.6 Å². The highest BCUT2D eigenvalue weighted by atomic mass is 35.5. The van der Waals surface area contributed by atoms with E-state index in [1.807, 2.05) is 43.3 Å². The Morgan fingerprint density at radius 1 is 1.30 bits per heavy atom. The molecule has 20 heavy (non-hydrogen) atoms. The zero-order valence-corrected chi connectivity index (χ0v) is 12.2. The lowest BCUT2D eigenvalue weighted by Gasteiger charge is -2.15. The fourth-order valence-electron chi connectivity index (χ4n) is 1.78. The summed E-state index contributed by atoms with van der Waals surface area (Å²) in [6, 6.07) is 11.2. The summed E-state index contributed by atoms with van der Waals surface area (Å²) in [5, 5.41) is 0.665. The zero-order chi connectivity index (χ0) is 14.5. The smallest absolute Gasteiger partial charge is 0.246 e. The van der Waals surface area contributed by atoms with Gasteiger partial charge in [-0.2, -0.15) is 0 Å². The molecule has 0 aliphatic heterocycles. The van der Waals surface area contributed by atoms with Gasteiger partial charge in [0.25, 0.3) is 0 Å². The van der Waals surface area contributed by atoms with Crippen LogP contribution in [0.3, 0.4) is 0 Å². The Hall–Kier alpha value is -2.00. The maximum absolute atomic E-state index is 12.0. The first-order valence-electron chi connectivity index (χ1n) is 6.29. The Morgan fingerprint density at radius 2 is 2.05 bits per heavy atom. The topological polar surface area (TPSA) is 33.5 Å². The number of amides is 1. The lowest BCUT2D eigenvalue weighted by molar-refractivity contribution is -0.125. The summed E-state index contributed by atoms with van der Waals surface area (Å²) in [6.07, 6.45) is 3.16. The summed E-state index contributed by atoms with van der Waals surface area (Å²) in [6.45, 7) is 2.34. The second kappa shape index (κ2) is 6.44. The molecule has 0 unspecified atom stereocenters. The number of rotatable bonds is 4. The molecule has 104 valence electrons. The van der Waals surface area contributed by atoms with Crippen molar-refractivity contribution < 1.29 is 9.21 Å². The average molecular weight is 290 g/mol. The van der Waals surface area contributed by atoms with Crippen molar-refractivity contribution in [1.82, 2.24) is 4.90 Å². The molecular weight excluding hydrogens is 274 g/mol. The molecule has 0 atom stereocenters. The zero-order valence-electron chi connectivity index (χ0n) is 11.5. The number of nitrogens with zero attached hydrogens (tertiary/aromatic N) is 1. The van der Waals surface area contributed by atoms with Crippen LogP contribution < -0.4 is 0 Å². The van der Waals surface area contributed by atoms with E-state index in [9.17, 15) is 4.79 Å². The average Bonchev–Trinajstić information content (AvgIpc) is 2.84. The van der Waals surface area contributed by atoms with Crippen LogP contribution in [0.15, 0.2) is 46.9 Å². The molecule has 2 aromatic rings. The van der Waals surface area contributed by atoms with Crippen LogP contribution in [-0.4, -0.2) is 17.9 Å². The second-order valence-corrected chi connectivity index (χ2v) is 4.97. The minimum Gasteiger partial charge on any atom is -0.462 e. The monoisotopic (exact) mass is 289 g/mol. The van der Waals surface area contributed by atoms with Gasteiger partial charge in [-0.05, 0) is 36.8 Å². The second-order valence-electron chi connectivity index (χ2n) is 4.57. The Balaban J connectivity index is 1.99. The summed E-state index contributed by atoms with van der Waals surface area (Å²) in [7, 11) is 1.74. The number of benzene rings is 1. The van der Waals surface area contributed by atoms with Gasteiger partial charge in [0, 0.05) is 24.7 Å². The molecule has 1 heterocycles. The first kappa shape index (κ1) is 14.4. The van der Waals surface area contributed by atoms with Gasteiger partial charge >= 0.3 is 0 Å². The van der Waals surface area contributed by atoms with Crippen LogP contribution in [0.25, 0.3) is 6.08 Å². The van der Waals surface area contributed by atoms with Crippen molar-refractivity contribution >= 4 is 23.6 Å². The summed E-state index contributed by atoms with van der Waals surface area (Å²) >= 11 is 6.08. The fraction of sp³-hybridized carbons (Fsp3) is 0.188. The van der Waals surface area contributed by atoms with Crippen molar-refractivity contribution in [2.24, 2.45) is 0 Å². The van der Waals surface area contributed by atoms with Crippen molar-refractivity contribution in [2.45, 2.75) is 13.5 Å². The largest absolute Gasteiger partial charge is 0.462 e. The maximum Gasteiger partial charge on any atom is 0.246 e. The number of halogens is 1. The molecule has 4 heteroatoms. The summed E-state index contributed by atoms with van der Waals surface area (Å²) in [4.78, 5) is 13.6. The SMILES string of the molecule is Cc1ccc(C=CC(=O)N(C)Cc2ccccc2Cl)o1. The van der Waals surface area contributed by atoms with Crippen molar-refractivity contribution in [3.63, 3.8) is 0 Å². The Morgan fingerprint density at radius 3 is 2.70 bits per heavy atom. The number of hydrogen-bond donors (Lipinski definition) is 0. The van der Waals surface area contributed by atoms with Crippen LogP contribution in [0.2, 0.25) is 5.02 Å². The van der Waals surface area contributed by atoms with E-state index in [1.165, 1.54) is 6.08 Å². The number of furan rings is 1.